The Morgan fingerprint density at radius 1 is 1.21 bits per heavy atom. The second-order valence-electron chi connectivity index (χ2n) is 3.19. The molecule has 14 heavy (non-hydrogen) atoms. The van der Waals surface area contributed by atoms with E-state index in [0.29, 0.717) is 10.6 Å². The molecule has 1 aliphatic heterocycles. The molecule has 0 saturated heterocycles. The summed E-state index contributed by atoms with van der Waals surface area (Å²) >= 11 is 5.98. The number of fused-ring (bicyclic) bond motifs is 1. The molecule has 3 N–H and O–H groups in total. The van der Waals surface area contributed by atoms with Crippen LogP contribution < -0.4 is 5.32 Å². The quantitative estimate of drug-likeness (QED) is 0.650. The van der Waals surface area contributed by atoms with Crippen LogP contribution in [0.5, 0.6) is 0 Å². The van der Waals surface area contributed by atoms with E-state index in [1.54, 1.807) is 6.07 Å². The minimum Gasteiger partial charge on any atom is -0.325 e. The second-order valence-corrected chi connectivity index (χ2v) is 3.59. The molecule has 2 rings (SSSR count). The Kier molecular flexibility index (Phi) is 2.04. The first kappa shape index (κ1) is 9.21. The monoisotopic (exact) mass is 207 g/mol. The Morgan fingerprint density at radius 3 is 2.50 bits per heavy atom. The van der Waals surface area contributed by atoms with Crippen molar-refractivity contribution in [3.05, 3.63) is 33.8 Å². The van der Waals surface area contributed by atoms with Gasteiger partial charge in [0.15, 0.2) is 0 Å². The maximum atomic E-state index is 7.69. The van der Waals surface area contributed by atoms with Crippen molar-refractivity contribution in [3.63, 3.8) is 0 Å². The summed E-state index contributed by atoms with van der Waals surface area (Å²) in [4.78, 5) is 0. The average molecular weight is 208 g/mol. The van der Waals surface area contributed by atoms with E-state index in [1.165, 1.54) is 0 Å². The molecule has 0 radical (unpaired) electrons. The number of rotatable bonds is 1. The molecular weight excluding hydrogens is 198 g/mol. The third-order valence-electron chi connectivity index (χ3n) is 2.37. The number of aryl methyl sites for hydroxylation is 1. The zero-order chi connectivity index (χ0) is 10.3. The third-order valence-corrected chi connectivity index (χ3v) is 2.69. The van der Waals surface area contributed by atoms with Gasteiger partial charge in [0.25, 0.3) is 0 Å². The molecule has 1 aromatic carbocycles. The highest BCUT2D eigenvalue weighted by atomic mass is 35.5. The van der Waals surface area contributed by atoms with E-state index in [1.807, 2.05) is 13.0 Å². The van der Waals surface area contributed by atoms with Crippen LogP contribution in [0.4, 0.5) is 0 Å². The SMILES string of the molecule is CCc1ccc(Cl)c2c1C(=N)NC2=N. The van der Waals surface area contributed by atoms with Crippen molar-refractivity contribution in [1.82, 2.24) is 5.32 Å². The Morgan fingerprint density at radius 2 is 1.86 bits per heavy atom. The molecule has 1 aromatic rings. The summed E-state index contributed by atoms with van der Waals surface area (Å²) in [6, 6.07) is 3.70. The van der Waals surface area contributed by atoms with Gasteiger partial charge in [0, 0.05) is 11.1 Å². The standard InChI is InChI=1S/C10H10ClN3/c1-2-5-3-4-6(11)8-7(5)9(12)14-10(8)13/h3-4H,2H2,1H3,(H3,12,13,14). The van der Waals surface area contributed by atoms with Gasteiger partial charge in [-0.25, -0.2) is 0 Å². The molecule has 0 saturated carbocycles. The van der Waals surface area contributed by atoms with Crippen LogP contribution in [-0.2, 0) is 6.42 Å². The molecule has 0 unspecified atom stereocenters. The molecule has 1 aliphatic rings. The number of benzene rings is 1. The number of hydrogen-bond acceptors (Lipinski definition) is 2. The smallest absolute Gasteiger partial charge is 0.133 e. The highest BCUT2D eigenvalue weighted by molar-refractivity contribution is 6.38. The van der Waals surface area contributed by atoms with Crippen molar-refractivity contribution in [1.29, 1.82) is 10.8 Å². The van der Waals surface area contributed by atoms with Crippen molar-refractivity contribution in [2.45, 2.75) is 13.3 Å². The van der Waals surface area contributed by atoms with Gasteiger partial charge in [0.1, 0.15) is 11.7 Å². The zero-order valence-corrected chi connectivity index (χ0v) is 8.50. The van der Waals surface area contributed by atoms with E-state index in [-0.39, 0.29) is 11.7 Å². The minimum atomic E-state index is 0.227. The highest BCUT2D eigenvalue weighted by Gasteiger charge is 2.25. The van der Waals surface area contributed by atoms with Gasteiger partial charge in [-0.1, -0.05) is 24.6 Å². The molecule has 1 heterocycles. The van der Waals surface area contributed by atoms with E-state index in [0.717, 1.165) is 17.5 Å². The van der Waals surface area contributed by atoms with Crippen LogP contribution in [0.2, 0.25) is 5.02 Å². The first-order valence-electron chi connectivity index (χ1n) is 4.41. The largest absolute Gasteiger partial charge is 0.325 e. The first-order valence-corrected chi connectivity index (χ1v) is 4.79. The lowest BCUT2D eigenvalue weighted by atomic mass is 10.0. The van der Waals surface area contributed by atoms with Gasteiger partial charge in [-0.05, 0) is 18.1 Å². The van der Waals surface area contributed by atoms with Crippen molar-refractivity contribution >= 4 is 23.3 Å². The van der Waals surface area contributed by atoms with Gasteiger partial charge in [0.05, 0.1) is 5.02 Å². The summed E-state index contributed by atoms with van der Waals surface area (Å²) in [5.74, 6) is 0.509. The van der Waals surface area contributed by atoms with E-state index in [4.69, 9.17) is 22.4 Å². The van der Waals surface area contributed by atoms with Crippen molar-refractivity contribution in [2.75, 3.05) is 0 Å². The molecule has 0 amide bonds. The summed E-state index contributed by atoms with van der Waals surface area (Å²) in [5.41, 5.74) is 2.50. The normalized spacial score (nSPS) is 14.1. The molecule has 4 heteroatoms. The Hall–Kier alpha value is -1.35. The fourth-order valence-electron chi connectivity index (χ4n) is 1.69. The Bertz CT molecular complexity index is 437. The summed E-state index contributed by atoms with van der Waals surface area (Å²) in [7, 11) is 0. The van der Waals surface area contributed by atoms with E-state index in [9.17, 15) is 0 Å². The number of amidine groups is 2. The molecule has 3 nitrogen and oxygen atoms in total. The fourth-order valence-corrected chi connectivity index (χ4v) is 1.95. The highest BCUT2D eigenvalue weighted by Crippen LogP contribution is 2.27. The summed E-state index contributed by atoms with van der Waals surface area (Å²) in [6.07, 6.45) is 0.844. The summed E-state index contributed by atoms with van der Waals surface area (Å²) in [5, 5.41) is 18.5. The van der Waals surface area contributed by atoms with Crippen LogP contribution in [0, 0.1) is 10.8 Å². The molecule has 0 fully saturated rings. The number of hydrogen-bond donors (Lipinski definition) is 3. The van der Waals surface area contributed by atoms with Crippen LogP contribution >= 0.6 is 11.6 Å². The van der Waals surface area contributed by atoms with Gasteiger partial charge in [-0.3, -0.25) is 10.8 Å². The predicted octanol–water partition coefficient (Wildman–Crippen LogP) is 2.16. The van der Waals surface area contributed by atoms with Crippen molar-refractivity contribution in [2.24, 2.45) is 0 Å². The van der Waals surface area contributed by atoms with Crippen LogP contribution in [0.25, 0.3) is 0 Å². The Balaban J connectivity index is 2.76. The van der Waals surface area contributed by atoms with Gasteiger partial charge < -0.3 is 5.32 Å². The van der Waals surface area contributed by atoms with Crippen LogP contribution in [-0.4, -0.2) is 11.7 Å². The lowest BCUT2D eigenvalue weighted by molar-refractivity contribution is 1.13. The van der Waals surface area contributed by atoms with Crippen LogP contribution in [0.1, 0.15) is 23.6 Å². The van der Waals surface area contributed by atoms with Crippen molar-refractivity contribution < 1.29 is 0 Å². The topological polar surface area (TPSA) is 59.7 Å². The first-order chi connectivity index (χ1) is 6.65. The zero-order valence-electron chi connectivity index (χ0n) is 7.74. The van der Waals surface area contributed by atoms with Gasteiger partial charge in [-0.2, -0.15) is 0 Å². The lowest BCUT2D eigenvalue weighted by Gasteiger charge is -2.05. The molecule has 0 spiro atoms. The lowest BCUT2D eigenvalue weighted by Crippen LogP contribution is -2.20. The molecule has 0 atom stereocenters. The van der Waals surface area contributed by atoms with Crippen molar-refractivity contribution in [3.8, 4) is 0 Å². The van der Waals surface area contributed by atoms with Gasteiger partial charge in [-0.15, -0.1) is 0 Å². The average Bonchev–Trinajstić information content (AvgIpc) is 2.44. The third kappa shape index (κ3) is 1.13. The predicted molar refractivity (Wildman–Crippen MR) is 57.6 cm³/mol. The molecule has 0 aliphatic carbocycles. The molecule has 0 bridgehead atoms. The number of halogens is 1. The van der Waals surface area contributed by atoms with Gasteiger partial charge in [0.2, 0.25) is 0 Å². The van der Waals surface area contributed by atoms with E-state index in [2.05, 4.69) is 5.32 Å². The van der Waals surface area contributed by atoms with Crippen LogP contribution in [0.3, 0.4) is 0 Å². The van der Waals surface area contributed by atoms with Crippen LogP contribution in [0.15, 0.2) is 12.1 Å². The maximum absolute atomic E-state index is 7.69. The maximum Gasteiger partial charge on any atom is 0.133 e. The molecule has 0 aromatic heterocycles. The number of nitrogens with one attached hydrogen (secondary N) is 3. The van der Waals surface area contributed by atoms with E-state index < -0.39 is 0 Å². The minimum absolute atomic E-state index is 0.227. The second kappa shape index (κ2) is 3.10. The Labute approximate surface area is 87.1 Å². The van der Waals surface area contributed by atoms with Gasteiger partial charge >= 0.3 is 0 Å². The van der Waals surface area contributed by atoms with E-state index >= 15 is 0 Å². The molecule has 72 valence electrons. The fraction of sp³-hybridized carbons (Fsp3) is 0.200. The molecular formula is C10H10ClN3. The summed E-state index contributed by atoms with van der Waals surface area (Å²) in [6.45, 7) is 2.03. The summed E-state index contributed by atoms with van der Waals surface area (Å²) < 4.78 is 0.